The second-order valence-electron chi connectivity index (χ2n) is 11.8. The lowest BCUT2D eigenvalue weighted by Gasteiger charge is -2.21. The van der Waals surface area contributed by atoms with E-state index >= 15 is 0 Å². The molecule has 0 unspecified atom stereocenters. The standard InChI is InChI=1S/C30H41N5O8/c1-18(2)13-24(28(38)40-7)32-26(36)23-14-20-10-11-22(15-25(20)42-27(23)37)41-12-8-9-21-17-35(34-33-21)16-19(3)31-29(39)43-30(4,5)6/h10-11,14-15,17-19,24H,8-9,12-13,16H2,1-7H3,(H,31,39)(H,32,36)/t19-,24+/m1/s1. The molecule has 2 amide bonds. The highest BCUT2D eigenvalue weighted by Crippen LogP contribution is 2.21. The molecule has 2 heterocycles. The van der Waals surface area contributed by atoms with Crippen molar-refractivity contribution in [3.63, 3.8) is 0 Å². The zero-order valence-corrected chi connectivity index (χ0v) is 25.8. The predicted octanol–water partition coefficient (Wildman–Crippen LogP) is 3.63. The van der Waals surface area contributed by atoms with Gasteiger partial charge in [0.05, 0.1) is 26.0 Å². The summed E-state index contributed by atoms with van der Waals surface area (Å²) in [5.41, 5.74) is -0.551. The number of rotatable bonds is 13. The Hall–Kier alpha value is -4.42. The zero-order chi connectivity index (χ0) is 31.7. The highest BCUT2D eigenvalue weighted by Gasteiger charge is 2.25. The van der Waals surface area contributed by atoms with Gasteiger partial charge in [-0.1, -0.05) is 19.1 Å². The van der Waals surface area contributed by atoms with Gasteiger partial charge in [-0.3, -0.25) is 9.48 Å². The first-order valence-corrected chi connectivity index (χ1v) is 14.2. The van der Waals surface area contributed by atoms with Crippen molar-refractivity contribution in [3.8, 4) is 5.75 Å². The number of carbonyl (C=O) groups is 3. The van der Waals surface area contributed by atoms with Crippen molar-refractivity contribution in [2.75, 3.05) is 13.7 Å². The third-order valence-electron chi connectivity index (χ3n) is 6.11. The summed E-state index contributed by atoms with van der Waals surface area (Å²) in [7, 11) is 1.24. The number of hydrogen-bond donors (Lipinski definition) is 2. The first-order chi connectivity index (χ1) is 20.2. The van der Waals surface area contributed by atoms with E-state index in [4.69, 9.17) is 18.6 Å². The maximum atomic E-state index is 12.8. The van der Waals surface area contributed by atoms with Crippen molar-refractivity contribution in [1.29, 1.82) is 0 Å². The number of fused-ring (bicyclic) bond motifs is 1. The van der Waals surface area contributed by atoms with Gasteiger partial charge in [0.1, 0.15) is 28.5 Å². The van der Waals surface area contributed by atoms with Crippen LogP contribution in [0.25, 0.3) is 11.0 Å². The summed E-state index contributed by atoms with van der Waals surface area (Å²) in [6.45, 7) is 11.9. The lowest BCUT2D eigenvalue weighted by molar-refractivity contribution is -0.143. The van der Waals surface area contributed by atoms with E-state index in [0.29, 0.717) is 43.5 Å². The molecule has 0 bridgehead atoms. The minimum Gasteiger partial charge on any atom is -0.493 e. The van der Waals surface area contributed by atoms with Crippen molar-refractivity contribution in [2.45, 2.75) is 85.0 Å². The Balaban J connectivity index is 1.52. The minimum absolute atomic E-state index is 0.119. The number of nitrogens with one attached hydrogen (secondary N) is 2. The van der Waals surface area contributed by atoms with Gasteiger partial charge < -0.3 is 29.3 Å². The largest absolute Gasteiger partial charge is 0.493 e. The lowest BCUT2D eigenvalue weighted by Crippen LogP contribution is -2.43. The molecule has 2 aromatic heterocycles. The van der Waals surface area contributed by atoms with Gasteiger partial charge >= 0.3 is 17.7 Å². The number of benzene rings is 1. The van der Waals surface area contributed by atoms with Gasteiger partial charge in [-0.2, -0.15) is 0 Å². The molecule has 13 nitrogen and oxygen atoms in total. The topological polar surface area (TPSA) is 164 Å². The molecule has 0 saturated heterocycles. The van der Waals surface area contributed by atoms with E-state index in [2.05, 4.69) is 20.9 Å². The molecule has 0 spiro atoms. The van der Waals surface area contributed by atoms with Gasteiger partial charge in [0.2, 0.25) is 0 Å². The Morgan fingerprint density at radius 1 is 1.09 bits per heavy atom. The third-order valence-corrected chi connectivity index (χ3v) is 6.11. The fraction of sp³-hybridized carbons (Fsp3) is 0.533. The molecule has 0 saturated carbocycles. The first-order valence-electron chi connectivity index (χ1n) is 14.2. The number of aromatic nitrogens is 3. The van der Waals surface area contributed by atoms with Crippen LogP contribution in [-0.2, 0) is 27.2 Å². The number of methoxy groups -OCH3 is 1. The minimum atomic E-state index is -0.877. The highest BCUT2D eigenvalue weighted by molar-refractivity contribution is 5.98. The number of carbonyl (C=O) groups excluding carboxylic acids is 3. The van der Waals surface area contributed by atoms with Crippen LogP contribution in [0.1, 0.15) is 70.4 Å². The highest BCUT2D eigenvalue weighted by atomic mass is 16.6. The van der Waals surface area contributed by atoms with Crippen LogP contribution < -0.4 is 21.0 Å². The number of nitrogens with zero attached hydrogens (tertiary/aromatic N) is 3. The maximum Gasteiger partial charge on any atom is 0.407 e. The monoisotopic (exact) mass is 599 g/mol. The second-order valence-corrected chi connectivity index (χ2v) is 11.8. The van der Waals surface area contributed by atoms with Gasteiger partial charge in [-0.05, 0) is 71.1 Å². The molecule has 0 aliphatic rings. The molecule has 0 aliphatic carbocycles. The first kappa shape index (κ1) is 33.1. The molecular formula is C30H41N5O8. The molecular weight excluding hydrogens is 558 g/mol. The number of amides is 2. The van der Waals surface area contributed by atoms with Crippen LogP contribution >= 0.6 is 0 Å². The van der Waals surface area contributed by atoms with Crippen molar-refractivity contribution in [2.24, 2.45) is 5.92 Å². The van der Waals surface area contributed by atoms with Gasteiger partial charge in [-0.15, -0.1) is 5.10 Å². The predicted molar refractivity (Wildman–Crippen MR) is 158 cm³/mol. The van der Waals surface area contributed by atoms with Crippen LogP contribution in [-0.4, -0.2) is 64.4 Å². The quantitative estimate of drug-likeness (QED) is 0.168. The van der Waals surface area contributed by atoms with Crippen LogP contribution in [0.3, 0.4) is 0 Å². The molecule has 2 N–H and O–H groups in total. The Kier molecular flexibility index (Phi) is 11.3. The van der Waals surface area contributed by atoms with E-state index in [-0.39, 0.29) is 23.1 Å². The van der Waals surface area contributed by atoms with E-state index < -0.39 is 35.2 Å². The van der Waals surface area contributed by atoms with E-state index in [1.807, 2.05) is 27.0 Å². The Morgan fingerprint density at radius 3 is 2.51 bits per heavy atom. The third kappa shape index (κ3) is 10.4. The van der Waals surface area contributed by atoms with Crippen molar-refractivity contribution >= 4 is 28.9 Å². The number of esters is 1. The van der Waals surface area contributed by atoms with Gasteiger partial charge in [-0.25, -0.2) is 14.4 Å². The summed E-state index contributed by atoms with van der Waals surface area (Å²) in [6, 6.07) is 5.34. The van der Waals surface area contributed by atoms with Crippen molar-refractivity contribution in [1.82, 2.24) is 25.6 Å². The fourth-order valence-electron chi connectivity index (χ4n) is 4.22. The Morgan fingerprint density at radius 2 is 1.84 bits per heavy atom. The fourth-order valence-corrected chi connectivity index (χ4v) is 4.22. The molecule has 13 heteroatoms. The van der Waals surface area contributed by atoms with Crippen molar-refractivity contribution < 1.29 is 33.0 Å². The normalized spacial score (nSPS) is 12.9. The zero-order valence-electron chi connectivity index (χ0n) is 25.8. The molecule has 0 aliphatic heterocycles. The summed E-state index contributed by atoms with van der Waals surface area (Å²) in [5.74, 6) is -0.673. The van der Waals surface area contributed by atoms with E-state index in [1.54, 1.807) is 43.7 Å². The smallest absolute Gasteiger partial charge is 0.407 e. The van der Waals surface area contributed by atoms with Gasteiger partial charge in [0.25, 0.3) is 5.91 Å². The van der Waals surface area contributed by atoms with E-state index in [1.165, 1.54) is 13.2 Å². The van der Waals surface area contributed by atoms with E-state index in [9.17, 15) is 19.2 Å². The average Bonchev–Trinajstić information content (AvgIpc) is 3.34. The summed E-state index contributed by atoms with van der Waals surface area (Å²) in [4.78, 5) is 49.4. The molecule has 3 rings (SSSR count). The van der Waals surface area contributed by atoms with Crippen LogP contribution in [0.4, 0.5) is 4.79 Å². The maximum absolute atomic E-state index is 12.8. The molecule has 2 atom stereocenters. The van der Waals surface area contributed by atoms with Gasteiger partial charge in [0.15, 0.2) is 0 Å². The lowest BCUT2D eigenvalue weighted by atomic mass is 10.0. The van der Waals surface area contributed by atoms with E-state index in [0.717, 1.165) is 5.69 Å². The molecule has 0 fully saturated rings. The summed E-state index contributed by atoms with van der Waals surface area (Å²) in [5, 5.41) is 14.2. The molecule has 3 aromatic rings. The SMILES string of the molecule is COC(=O)[C@H](CC(C)C)NC(=O)c1cc2ccc(OCCCc3cn(C[C@@H](C)NC(=O)OC(C)(C)C)nn3)cc2oc1=O. The number of aryl methyl sites for hydroxylation is 1. The number of ether oxygens (including phenoxy) is 3. The van der Waals surface area contributed by atoms with Crippen LogP contribution in [0, 0.1) is 5.92 Å². The average molecular weight is 600 g/mol. The molecule has 1 aromatic carbocycles. The second kappa shape index (κ2) is 14.7. The van der Waals surface area contributed by atoms with Crippen LogP contribution in [0.15, 0.2) is 39.7 Å². The summed E-state index contributed by atoms with van der Waals surface area (Å²) < 4.78 is 22.9. The Bertz CT molecular complexity index is 1470. The number of alkyl carbamates (subject to hydrolysis) is 1. The summed E-state index contributed by atoms with van der Waals surface area (Å²) in [6.07, 6.45) is 2.98. The Labute approximate surface area is 250 Å². The number of hydrogen-bond acceptors (Lipinski definition) is 10. The molecule has 43 heavy (non-hydrogen) atoms. The molecule has 234 valence electrons. The van der Waals surface area contributed by atoms with Crippen molar-refractivity contribution in [3.05, 3.63) is 52.1 Å². The summed E-state index contributed by atoms with van der Waals surface area (Å²) >= 11 is 0. The molecule has 0 radical (unpaired) electrons. The van der Waals surface area contributed by atoms with Gasteiger partial charge in [0, 0.05) is 23.7 Å². The van der Waals surface area contributed by atoms with Crippen LogP contribution in [0.5, 0.6) is 5.75 Å². The van der Waals surface area contributed by atoms with Crippen LogP contribution in [0.2, 0.25) is 0 Å².